The molecule has 2 heteroatoms. The second-order valence-electron chi connectivity index (χ2n) is 5.71. The molecule has 2 bridgehead atoms. The molecule has 3 rings (SSSR count). The first-order chi connectivity index (χ1) is 8.13. The van der Waals surface area contributed by atoms with E-state index in [0.717, 1.165) is 30.1 Å². The van der Waals surface area contributed by atoms with Crippen LogP contribution in [-0.4, -0.2) is 12.2 Å². The highest BCUT2D eigenvalue weighted by molar-refractivity contribution is 5.42. The standard InChI is InChI=1S/C15H20O2/c1-10-3-6-14(17-2)13(7-10)15(16)9-11-4-5-12(15)8-11/h3,6-7,11-12,16H,4-5,8-9H2,1-2H3. The molecule has 0 radical (unpaired) electrons. The van der Waals surface area contributed by atoms with Gasteiger partial charge in [0.25, 0.3) is 0 Å². The maximum Gasteiger partial charge on any atom is 0.124 e. The number of ether oxygens (including phenoxy) is 1. The number of aryl methyl sites for hydroxylation is 1. The molecule has 0 amide bonds. The molecule has 3 unspecified atom stereocenters. The Kier molecular flexibility index (Phi) is 2.44. The molecule has 0 saturated heterocycles. The monoisotopic (exact) mass is 232 g/mol. The molecule has 2 aliphatic carbocycles. The molecule has 2 aliphatic rings. The van der Waals surface area contributed by atoms with Gasteiger partial charge in [-0.05, 0) is 56.6 Å². The Morgan fingerprint density at radius 3 is 2.76 bits per heavy atom. The minimum Gasteiger partial charge on any atom is -0.496 e. The fourth-order valence-corrected chi connectivity index (χ4v) is 3.79. The lowest BCUT2D eigenvalue weighted by atomic mass is 9.78. The number of rotatable bonds is 2. The Morgan fingerprint density at radius 1 is 1.35 bits per heavy atom. The molecule has 0 spiro atoms. The van der Waals surface area contributed by atoms with E-state index in [-0.39, 0.29) is 0 Å². The van der Waals surface area contributed by atoms with E-state index >= 15 is 0 Å². The van der Waals surface area contributed by atoms with Gasteiger partial charge in [-0.15, -0.1) is 0 Å². The van der Waals surface area contributed by atoms with Crippen molar-refractivity contribution >= 4 is 0 Å². The Morgan fingerprint density at radius 2 is 2.18 bits per heavy atom. The van der Waals surface area contributed by atoms with Crippen LogP contribution in [-0.2, 0) is 5.60 Å². The highest BCUT2D eigenvalue weighted by Crippen LogP contribution is 2.57. The van der Waals surface area contributed by atoms with Crippen LogP contribution in [0.3, 0.4) is 0 Å². The quantitative estimate of drug-likeness (QED) is 0.849. The summed E-state index contributed by atoms with van der Waals surface area (Å²) < 4.78 is 5.43. The average Bonchev–Trinajstić information content (AvgIpc) is 2.89. The molecule has 3 atom stereocenters. The smallest absolute Gasteiger partial charge is 0.124 e. The molecule has 0 aliphatic heterocycles. The second-order valence-corrected chi connectivity index (χ2v) is 5.71. The Hall–Kier alpha value is -1.02. The van der Waals surface area contributed by atoms with Crippen LogP contribution in [0.1, 0.15) is 36.8 Å². The summed E-state index contributed by atoms with van der Waals surface area (Å²) in [6, 6.07) is 6.12. The third-order valence-corrected chi connectivity index (χ3v) is 4.64. The number of methoxy groups -OCH3 is 1. The molecule has 1 aromatic carbocycles. The van der Waals surface area contributed by atoms with Crippen molar-refractivity contribution < 1.29 is 9.84 Å². The van der Waals surface area contributed by atoms with Gasteiger partial charge < -0.3 is 9.84 Å². The first kappa shape index (κ1) is 11.1. The summed E-state index contributed by atoms with van der Waals surface area (Å²) in [6.45, 7) is 2.07. The molecule has 1 aromatic rings. The lowest BCUT2D eigenvalue weighted by Gasteiger charge is -2.34. The van der Waals surface area contributed by atoms with E-state index < -0.39 is 5.60 Å². The van der Waals surface area contributed by atoms with Gasteiger partial charge in [0.05, 0.1) is 12.7 Å². The van der Waals surface area contributed by atoms with Gasteiger partial charge >= 0.3 is 0 Å². The van der Waals surface area contributed by atoms with E-state index in [2.05, 4.69) is 13.0 Å². The van der Waals surface area contributed by atoms with E-state index in [1.54, 1.807) is 7.11 Å². The number of hydrogen-bond acceptors (Lipinski definition) is 2. The van der Waals surface area contributed by atoms with Crippen molar-refractivity contribution in [3.63, 3.8) is 0 Å². The zero-order valence-corrected chi connectivity index (χ0v) is 10.6. The molecular formula is C15H20O2. The summed E-state index contributed by atoms with van der Waals surface area (Å²) in [7, 11) is 1.69. The molecule has 0 aromatic heterocycles. The predicted molar refractivity (Wildman–Crippen MR) is 67.1 cm³/mol. The topological polar surface area (TPSA) is 29.5 Å². The summed E-state index contributed by atoms with van der Waals surface area (Å²) in [5.41, 5.74) is 1.56. The third-order valence-electron chi connectivity index (χ3n) is 4.64. The normalized spacial score (nSPS) is 35.2. The molecule has 2 fully saturated rings. The maximum atomic E-state index is 11.0. The minimum absolute atomic E-state index is 0.434. The molecule has 2 nitrogen and oxygen atoms in total. The fourth-order valence-electron chi connectivity index (χ4n) is 3.79. The zero-order chi connectivity index (χ0) is 12.0. The summed E-state index contributed by atoms with van der Waals surface area (Å²) in [6.07, 6.45) is 4.56. The second kappa shape index (κ2) is 3.74. The van der Waals surface area contributed by atoms with Crippen LogP contribution in [0.2, 0.25) is 0 Å². The maximum absolute atomic E-state index is 11.0. The number of hydrogen-bond donors (Lipinski definition) is 1. The summed E-state index contributed by atoms with van der Waals surface area (Å²) in [5, 5.41) is 11.0. The Labute approximate surface area is 103 Å². The van der Waals surface area contributed by atoms with Crippen molar-refractivity contribution in [2.75, 3.05) is 7.11 Å². The van der Waals surface area contributed by atoms with E-state index in [1.165, 1.54) is 18.4 Å². The van der Waals surface area contributed by atoms with Gasteiger partial charge in [-0.2, -0.15) is 0 Å². The number of fused-ring (bicyclic) bond motifs is 2. The van der Waals surface area contributed by atoms with Gasteiger partial charge in [-0.1, -0.05) is 11.6 Å². The molecule has 1 N–H and O–H groups in total. The van der Waals surface area contributed by atoms with E-state index in [0.29, 0.717) is 5.92 Å². The predicted octanol–water partition coefficient (Wildman–Crippen LogP) is 3.01. The number of benzene rings is 1. The van der Waals surface area contributed by atoms with Crippen molar-refractivity contribution in [3.05, 3.63) is 29.3 Å². The Balaban J connectivity index is 2.06. The lowest BCUT2D eigenvalue weighted by molar-refractivity contribution is -0.0201. The van der Waals surface area contributed by atoms with Gasteiger partial charge in [-0.25, -0.2) is 0 Å². The van der Waals surface area contributed by atoms with E-state index in [9.17, 15) is 5.11 Å². The largest absolute Gasteiger partial charge is 0.496 e. The fraction of sp³-hybridized carbons (Fsp3) is 0.600. The van der Waals surface area contributed by atoms with Crippen molar-refractivity contribution in [1.82, 2.24) is 0 Å². The molecule has 17 heavy (non-hydrogen) atoms. The van der Waals surface area contributed by atoms with Crippen LogP contribution in [0.4, 0.5) is 0 Å². The van der Waals surface area contributed by atoms with E-state index in [4.69, 9.17) is 4.74 Å². The van der Waals surface area contributed by atoms with Crippen molar-refractivity contribution in [2.45, 2.75) is 38.2 Å². The van der Waals surface area contributed by atoms with Crippen molar-refractivity contribution in [3.8, 4) is 5.75 Å². The van der Waals surface area contributed by atoms with Crippen LogP contribution >= 0.6 is 0 Å². The van der Waals surface area contributed by atoms with Gasteiger partial charge in [0.1, 0.15) is 5.75 Å². The van der Waals surface area contributed by atoms with Crippen molar-refractivity contribution in [1.29, 1.82) is 0 Å². The molecular weight excluding hydrogens is 212 g/mol. The minimum atomic E-state index is -0.639. The van der Waals surface area contributed by atoms with Crippen LogP contribution in [0.15, 0.2) is 18.2 Å². The van der Waals surface area contributed by atoms with Crippen LogP contribution in [0.5, 0.6) is 5.75 Å². The van der Waals surface area contributed by atoms with Crippen LogP contribution in [0.25, 0.3) is 0 Å². The van der Waals surface area contributed by atoms with Gasteiger partial charge in [0.2, 0.25) is 0 Å². The summed E-state index contributed by atoms with van der Waals surface area (Å²) >= 11 is 0. The summed E-state index contributed by atoms with van der Waals surface area (Å²) in [5.74, 6) is 1.99. The summed E-state index contributed by atoms with van der Waals surface area (Å²) in [4.78, 5) is 0. The van der Waals surface area contributed by atoms with Crippen LogP contribution in [0, 0.1) is 18.8 Å². The van der Waals surface area contributed by atoms with E-state index in [1.807, 2.05) is 12.1 Å². The Bertz CT molecular complexity index is 441. The lowest BCUT2D eigenvalue weighted by Crippen LogP contribution is -2.32. The average molecular weight is 232 g/mol. The number of aliphatic hydroxyl groups is 1. The van der Waals surface area contributed by atoms with Gasteiger partial charge in [-0.3, -0.25) is 0 Å². The first-order valence-electron chi connectivity index (χ1n) is 6.51. The third kappa shape index (κ3) is 1.58. The van der Waals surface area contributed by atoms with Crippen LogP contribution < -0.4 is 4.74 Å². The zero-order valence-electron chi connectivity index (χ0n) is 10.6. The molecule has 0 heterocycles. The molecule has 2 saturated carbocycles. The molecule has 92 valence electrons. The highest BCUT2D eigenvalue weighted by Gasteiger charge is 2.51. The van der Waals surface area contributed by atoms with Gasteiger partial charge in [0.15, 0.2) is 0 Å². The highest BCUT2D eigenvalue weighted by atomic mass is 16.5. The van der Waals surface area contributed by atoms with Gasteiger partial charge in [0, 0.05) is 5.56 Å². The van der Waals surface area contributed by atoms with Crippen molar-refractivity contribution in [2.24, 2.45) is 11.8 Å². The SMILES string of the molecule is COc1ccc(C)cc1C1(O)CC2CCC1C2. The first-order valence-corrected chi connectivity index (χ1v) is 6.51.